The fourth-order valence-corrected chi connectivity index (χ4v) is 4.37. The maximum atomic E-state index is 13.5. The molecule has 0 atom stereocenters. The highest BCUT2D eigenvalue weighted by Crippen LogP contribution is 2.22. The molecule has 1 fully saturated rings. The minimum Gasteiger partial charge on any atom is -0.340 e. The molecular weight excluding hydrogens is 343 g/mol. The lowest BCUT2D eigenvalue weighted by Crippen LogP contribution is -2.48. The molecule has 0 bridgehead atoms. The van der Waals surface area contributed by atoms with Crippen LogP contribution >= 0.6 is 23.1 Å². The number of hydrogen-bond donors (Lipinski definition) is 0. The molecule has 0 aliphatic carbocycles. The summed E-state index contributed by atoms with van der Waals surface area (Å²) in [5.74, 6) is 0.585. The third-order valence-corrected chi connectivity index (χ3v) is 6.01. The number of carbonyl (C=O) groups excluding carboxylic acids is 1. The van der Waals surface area contributed by atoms with Gasteiger partial charge in [-0.15, -0.1) is 23.1 Å². The average Bonchev–Trinajstić information content (AvgIpc) is 3.10. The molecule has 0 radical (unpaired) electrons. The van der Waals surface area contributed by atoms with Crippen LogP contribution in [0.1, 0.15) is 11.3 Å². The van der Waals surface area contributed by atoms with Gasteiger partial charge in [-0.3, -0.25) is 9.69 Å². The molecule has 1 aromatic carbocycles. The summed E-state index contributed by atoms with van der Waals surface area (Å²) < 4.78 is 13.5. The van der Waals surface area contributed by atoms with Gasteiger partial charge in [0.05, 0.1) is 0 Å². The number of thiophene rings is 1. The van der Waals surface area contributed by atoms with Crippen LogP contribution in [0.4, 0.5) is 4.39 Å². The van der Waals surface area contributed by atoms with Crippen molar-refractivity contribution in [2.75, 3.05) is 31.9 Å². The number of benzene rings is 1. The van der Waals surface area contributed by atoms with Crippen LogP contribution in [0.3, 0.4) is 0 Å². The molecule has 0 saturated carbocycles. The zero-order valence-corrected chi connectivity index (χ0v) is 15.1. The van der Waals surface area contributed by atoms with Crippen LogP contribution in [0, 0.1) is 5.82 Å². The molecule has 3 rings (SSSR count). The molecule has 1 amide bonds. The molecule has 0 N–H and O–H groups in total. The molecule has 1 saturated heterocycles. The van der Waals surface area contributed by atoms with E-state index < -0.39 is 0 Å². The van der Waals surface area contributed by atoms with Crippen molar-refractivity contribution in [1.82, 2.24) is 9.80 Å². The summed E-state index contributed by atoms with van der Waals surface area (Å²) in [7, 11) is 0. The number of amides is 1. The quantitative estimate of drug-likeness (QED) is 0.730. The van der Waals surface area contributed by atoms with Gasteiger partial charge in [0.15, 0.2) is 0 Å². The number of carbonyl (C=O) groups is 1. The molecule has 128 valence electrons. The second kappa shape index (κ2) is 8.65. The summed E-state index contributed by atoms with van der Waals surface area (Å²) in [6.07, 6.45) is 0.462. The van der Waals surface area contributed by atoms with E-state index in [0.717, 1.165) is 32.7 Å². The zero-order chi connectivity index (χ0) is 16.8. The maximum absolute atomic E-state index is 13.5. The first-order valence-electron chi connectivity index (χ1n) is 8.12. The van der Waals surface area contributed by atoms with Gasteiger partial charge in [-0.2, -0.15) is 0 Å². The Hall–Kier alpha value is -1.37. The predicted octanol–water partition coefficient (Wildman–Crippen LogP) is 3.71. The van der Waals surface area contributed by atoms with Gasteiger partial charge in [0.25, 0.3) is 0 Å². The van der Waals surface area contributed by atoms with Crippen molar-refractivity contribution in [2.24, 2.45) is 0 Å². The number of piperazine rings is 1. The molecule has 2 aromatic rings. The van der Waals surface area contributed by atoms with E-state index >= 15 is 0 Å². The number of halogens is 1. The van der Waals surface area contributed by atoms with Crippen molar-refractivity contribution in [3.8, 4) is 0 Å². The van der Waals surface area contributed by atoms with Crippen molar-refractivity contribution in [1.29, 1.82) is 0 Å². The Balaban J connectivity index is 1.38. The van der Waals surface area contributed by atoms with Gasteiger partial charge in [-0.1, -0.05) is 18.2 Å². The average molecular weight is 365 g/mol. The minimum absolute atomic E-state index is 0.176. The summed E-state index contributed by atoms with van der Waals surface area (Å²) in [5, 5.41) is 2.10. The molecule has 3 nitrogen and oxygen atoms in total. The highest BCUT2D eigenvalue weighted by molar-refractivity contribution is 7.99. The fraction of sp³-hybridized carbons (Fsp3) is 0.389. The summed E-state index contributed by atoms with van der Waals surface area (Å²) in [6, 6.07) is 10.9. The normalized spacial score (nSPS) is 15.6. The van der Waals surface area contributed by atoms with Crippen molar-refractivity contribution in [3.63, 3.8) is 0 Å². The van der Waals surface area contributed by atoms with Crippen molar-refractivity contribution in [2.45, 2.75) is 17.9 Å². The smallest absolute Gasteiger partial charge is 0.223 e. The van der Waals surface area contributed by atoms with Crippen molar-refractivity contribution in [3.05, 3.63) is 52.5 Å². The second-order valence-corrected chi connectivity index (χ2v) is 7.93. The second-order valence-electron chi connectivity index (χ2n) is 5.77. The van der Waals surface area contributed by atoms with Gasteiger partial charge < -0.3 is 4.90 Å². The van der Waals surface area contributed by atoms with E-state index in [9.17, 15) is 9.18 Å². The summed E-state index contributed by atoms with van der Waals surface area (Å²) >= 11 is 3.19. The van der Waals surface area contributed by atoms with E-state index in [0.29, 0.717) is 17.1 Å². The molecule has 0 spiro atoms. The Morgan fingerprint density at radius 1 is 1.12 bits per heavy atom. The van der Waals surface area contributed by atoms with Gasteiger partial charge in [0.1, 0.15) is 5.82 Å². The highest BCUT2D eigenvalue weighted by atomic mass is 32.2. The first kappa shape index (κ1) is 17.5. The van der Waals surface area contributed by atoms with E-state index in [1.165, 1.54) is 22.7 Å². The molecule has 6 heteroatoms. The van der Waals surface area contributed by atoms with Gasteiger partial charge >= 0.3 is 0 Å². The minimum atomic E-state index is -0.211. The van der Waals surface area contributed by atoms with Crippen LogP contribution in [0.25, 0.3) is 0 Å². The standard InChI is InChI=1S/C18H21FN2OS2/c19-16-5-1-2-6-17(16)24-13-7-18(22)21-10-8-20(9-11-21)14-15-4-3-12-23-15/h1-6,12H,7-11,13-14H2. The summed E-state index contributed by atoms with van der Waals surface area (Å²) in [6.45, 7) is 4.39. The van der Waals surface area contributed by atoms with E-state index in [1.54, 1.807) is 23.5 Å². The van der Waals surface area contributed by atoms with E-state index in [-0.39, 0.29) is 11.7 Å². The molecule has 1 aromatic heterocycles. The molecule has 1 aliphatic heterocycles. The van der Waals surface area contributed by atoms with Gasteiger partial charge in [-0.25, -0.2) is 4.39 Å². The Morgan fingerprint density at radius 2 is 1.92 bits per heavy atom. The number of thioether (sulfide) groups is 1. The monoisotopic (exact) mass is 364 g/mol. The zero-order valence-electron chi connectivity index (χ0n) is 13.5. The third kappa shape index (κ3) is 4.82. The van der Waals surface area contributed by atoms with E-state index in [2.05, 4.69) is 22.4 Å². The summed E-state index contributed by atoms with van der Waals surface area (Å²) in [4.78, 5) is 18.6. The maximum Gasteiger partial charge on any atom is 0.223 e. The third-order valence-electron chi connectivity index (χ3n) is 4.09. The highest BCUT2D eigenvalue weighted by Gasteiger charge is 2.21. The van der Waals surface area contributed by atoms with Crippen LogP contribution in [-0.2, 0) is 11.3 Å². The predicted molar refractivity (Wildman–Crippen MR) is 97.9 cm³/mol. The van der Waals surface area contributed by atoms with Crippen molar-refractivity contribution >= 4 is 29.0 Å². The lowest BCUT2D eigenvalue weighted by atomic mass is 10.2. The number of hydrogen-bond acceptors (Lipinski definition) is 4. The Morgan fingerprint density at radius 3 is 2.62 bits per heavy atom. The van der Waals surface area contributed by atoms with Gasteiger partial charge in [0.2, 0.25) is 5.91 Å². The Bertz CT molecular complexity index is 655. The van der Waals surface area contributed by atoms with E-state index in [4.69, 9.17) is 0 Å². The number of nitrogens with zero attached hydrogens (tertiary/aromatic N) is 2. The van der Waals surface area contributed by atoms with Crippen LogP contribution in [-0.4, -0.2) is 47.6 Å². The Labute approximate surface area is 150 Å². The molecule has 0 unspecified atom stereocenters. The number of rotatable bonds is 6. The van der Waals surface area contributed by atoms with Crippen LogP contribution in [0.2, 0.25) is 0 Å². The Kier molecular flexibility index (Phi) is 6.29. The molecule has 1 aliphatic rings. The largest absolute Gasteiger partial charge is 0.340 e. The first-order valence-corrected chi connectivity index (χ1v) is 9.99. The van der Waals surface area contributed by atoms with Crippen LogP contribution in [0.5, 0.6) is 0 Å². The van der Waals surface area contributed by atoms with E-state index in [1.807, 2.05) is 11.0 Å². The fourth-order valence-electron chi connectivity index (χ4n) is 2.75. The van der Waals surface area contributed by atoms with Crippen molar-refractivity contribution < 1.29 is 9.18 Å². The lowest BCUT2D eigenvalue weighted by molar-refractivity contribution is -0.132. The SMILES string of the molecule is O=C(CCSc1ccccc1F)N1CCN(Cc2cccs2)CC1. The van der Waals surface area contributed by atoms with Crippen LogP contribution < -0.4 is 0 Å². The summed E-state index contributed by atoms with van der Waals surface area (Å²) in [5.41, 5.74) is 0. The molecule has 24 heavy (non-hydrogen) atoms. The lowest BCUT2D eigenvalue weighted by Gasteiger charge is -2.34. The topological polar surface area (TPSA) is 23.6 Å². The molecular formula is C18H21FN2OS2. The van der Waals surface area contributed by atoms with Crippen LogP contribution in [0.15, 0.2) is 46.7 Å². The molecule has 2 heterocycles. The van der Waals surface area contributed by atoms with Gasteiger partial charge in [-0.05, 0) is 23.6 Å². The van der Waals surface area contributed by atoms with Gasteiger partial charge in [0, 0.05) is 54.7 Å². The first-order chi connectivity index (χ1) is 11.7.